The van der Waals surface area contributed by atoms with E-state index in [2.05, 4.69) is 39.7 Å². The predicted octanol–water partition coefficient (Wildman–Crippen LogP) is 5.34. The van der Waals surface area contributed by atoms with E-state index < -0.39 is 0 Å². The molecule has 0 aliphatic carbocycles. The van der Waals surface area contributed by atoms with Crippen LogP contribution in [-0.4, -0.2) is 9.97 Å². The largest absolute Gasteiger partial charge is 0.236 e. The van der Waals surface area contributed by atoms with Gasteiger partial charge in [0.25, 0.3) is 0 Å². The maximum absolute atomic E-state index is 6.18. The first kappa shape index (κ1) is 15.7. The number of rotatable bonds is 4. The molecule has 0 radical (unpaired) electrons. The Bertz CT molecular complexity index is 615. The highest BCUT2D eigenvalue weighted by molar-refractivity contribution is 9.10. The summed E-state index contributed by atoms with van der Waals surface area (Å²) >= 11 is 15.6. The Hall–Kier alpha value is -0.640. The quantitative estimate of drug-likeness (QED) is 0.676. The number of benzene rings is 1. The zero-order chi connectivity index (χ0) is 14.7. The fraction of sp³-hybridized carbons (Fsp3) is 0.333. The van der Waals surface area contributed by atoms with Gasteiger partial charge in [-0.15, -0.1) is 0 Å². The highest BCUT2D eigenvalue weighted by atomic mass is 79.9. The van der Waals surface area contributed by atoms with E-state index in [1.54, 1.807) is 0 Å². The maximum atomic E-state index is 6.18. The van der Waals surface area contributed by atoms with Gasteiger partial charge in [0, 0.05) is 11.4 Å². The predicted molar refractivity (Wildman–Crippen MR) is 87.5 cm³/mol. The van der Waals surface area contributed by atoms with E-state index in [0.717, 1.165) is 28.0 Å². The minimum absolute atomic E-state index is 0.465. The van der Waals surface area contributed by atoms with Crippen LogP contribution in [0.15, 0.2) is 28.7 Å². The second-order valence-corrected chi connectivity index (χ2v) is 6.68. The Morgan fingerprint density at radius 1 is 1.20 bits per heavy atom. The van der Waals surface area contributed by atoms with Crippen LogP contribution < -0.4 is 0 Å². The third-order valence-corrected chi connectivity index (χ3v) is 4.35. The molecular weight excluding hydrogens is 359 g/mol. The normalized spacial score (nSPS) is 11.1. The van der Waals surface area contributed by atoms with Crippen molar-refractivity contribution < 1.29 is 0 Å². The molecule has 0 saturated carbocycles. The summed E-state index contributed by atoms with van der Waals surface area (Å²) in [4.78, 5) is 8.94. The molecule has 20 heavy (non-hydrogen) atoms. The minimum Gasteiger partial charge on any atom is -0.236 e. The van der Waals surface area contributed by atoms with Gasteiger partial charge in [-0.25, -0.2) is 9.97 Å². The third kappa shape index (κ3) is 4.18. The van der Waals surface area contributed by atoms with Crippen molar-refractivity contribution in [2.24, 2.45) is 5.92 Å². The standard InChI is InChI=1S/C15H15BrCl2N2/c1-9(2)6-12-14(16)15(18)20-13(19-12)8-10-4-3-5-11(17)7-10/h3-5,7,9H,6,8H2,1-2H3. The van der Waals surface area contributed by atoms with Crippen molar-refractivity contribution in [3.8, 4) is 0 Å². The van der Waals surface area contributed by atoms with E-state index >= 15 is 0 Å². The van der Waals surface area contributed by atoms with Crippen molar-refractivity contribution in [2.75, 3.05) is 0 Å². The van der Waals surface area contributed by atoms with Crippen molar-refractivity contribution in [2.45, 2.75) is 26.7 Å². The van der Waals surface area contributed by atoms with Crippen LogP contribution in [0.2, 0.25) is 10.2 Å². The fourth-order valence-corrected chi connectivity index (χ4v) is 2.70. The molecule has 2 nitrogen and oxygen atoms in total. The van der Waals surface area contributed by atoms with E-state index in [-0.39, 0.29) is 0 Å². The SMILES string of the molecule is CC(C)Cc1nc(Cc2cccc(Cl)c2)nc(Cl)c1Br. The van der Waals surface area contributed by atoms with Gasteiger partial charge in [0.05, 0.1) is 10.2 Å². The smallest absolute Gasteiger partial charge is 0.147 e. The van der Waals surface area contributed by atoms with Gasteiger partial charge < -0.3 is 0 Å². The molecule has 106 valence electrons. The van der Waals surface area contributed by atoms with Crippen molar-refractivity contribution in [3.05, 3.63) is 56.0 Å². The second-order valence-electron chi connectivity index (χ2n) is 5.10. The van der Waals surface area contributed by atoms with Gasteiger partial charge >= 0.3 is 0 Å². The lowest BCUT2D eigenvalue weighted by molar-refractivity contribution is 0.628. The van der Waals surface area contributed by atoms with Gasteiger partial charge in [0.2, 0.25) is 0 Å². The van der Waals surface area contributed by atoms with Gasteiger partial charge in [-0.1, -0.05) is 49.2 Å². The van der Waals surface area contributed by atoms with E-state index in [1.807, 2.05) is 24.3 Å². The average Bonchev–Trinajstić information content (AvgIpc) is 2.35. The Balaban J connectivity index is 2.30. The zero-order valence-electron chi connectivity index (χ0n) is 11.3. The highest BCUT2D eigenvalue weighted by Gasteiger charge is 2.12. The summed E-state index contributed by atoms with van der Waals surface area (Å²) in [5.74, 6) is 1.23. The van der Waals surface area contributed by atoms with E-state index in [9.17, 15) is 0 Å². The molecular formula is C15H15BrCl2N2. The molecule has 0 atom stereocenters. The lowest BCUT2D eigenvalue weighted by Crippen LogP contribution is -2.05. The Morgan fingerprint density at radius 2 is 1.95 bits per heavy atom. The van der Waals surface area contributed by atoms with Gasteiger partial charge in [0.15, 0.2) is 0 Å². The molecule has 2 aromatic rings. The molecule has 1 aromatic heterocycles. The van der Waals surface area contributed by atoms with Crippen LogP contribution in [0.3, 0.4) is 0 Å². The van der Waals surface area contributed by atoms with E-state index in [4.69, 9.17) is 23.2 Å². The van der Waals surface area contributed by atoms with Crippen molar-refractivity contribution >= 4 is 39.1 Å². The summed E-state index contributed by atoms with van der Waals surface area (Å²) in [6.07, 6.45) is 1.49. The average molecular weight is 374 g/mol. The molecule has 0 fully saturated rings. The highest BCUT2D eigenvalue weighted by Crippen LogP contribution is 2.26. The number of hydrogen-bond acceptors (Lipinski definition) is 2. The van der Waals surface area contributed by atoms with Crippen molar-refractivity contribution in [3.63, 3.8) is 0 Å². The van der Waals surface area contributed by atoms with Crippen LogP contribution in [-0.2, 0) is 12.8 Å². The van der Waals surface area contributed by atoms with Gasteiger partial charge in [-0.3, -0.25) is 0 Å². The summed E-state index contributed by atoms with van der Waals surface area (Å²) in [5.41, 5.74) is 2.03. The molecule has 0 bridgehead atoms. The maximum Gasteiger partial charge on any atom is 0.147 e. The summed E-state index contributed by atoms with van der Waals surface area (Å²) in [6.45, 7) is 4.30. The lowest BCUT2D eigenvalue weighted by atomic mass is 10.1. The summed E-state index contributed by atoms with van der Waals surface area (Å²) in [6, 6.07) is 7.70. The second kappa shape index (κ2) is 6.88. The van der Waals surface area contributed by atoms with E-state index in [0.29, 0.717) is 22.5 Å². The summed E-state index contributed by atoms with van der Waals surface area (Å²) < 4.78 is 0.794. The Kier molecular flexibility index (Phi) is 5.42. The van der Waals surface area contributed by atoms with Crippen LogP contribution >= 0.6 is 39.1 Å². The van der Waals surface area contributed by atoms with E-state index in [1.165, 1.54) is 0 Å². The monoisotopic (exact) mass is 372 g/mol. The van der Waals surface area contributed by atoms with Crippen LogP contribution in [0.5, 0.6) is 0 Å². The first-order valence-corrected chi connectivity index (χ1v) is 7.96. The molecule has 0 spiro atoms. The number of nitrogens with zero attached hydrogens (tertiary/aromatic N) is 2. The topological polar surface area (TPSA) is 25.8 Å². The summed E-state index contributed by atoms with van der Waals surface area (Å²) in [7, 11) is 0. The van der Waals surface area contributed by atoms with Crippen molar-refractivity contribution in [1.82, 2.24) is 9.97 Å². The number of halogens is 3. The zero-order valence-corrected chi connectivity index (χ0v) is 14.4. The van der Waals surface area contributed by atoms with Crippen LogP contribution in [0.4, 0.5) is 0 Å². The molecule has 0 N–H and O–H groups in total. The molecule has 2 rings (SSSR count). The number of aromatic nitrogens is 2. The first-order valence-electron chi connectivity index (χ1n) is 6.41. The first-order chi connectivity index (χ1) is 9.45. The fourth-order valence-electron chi connectivity index (χ4n) is 1.94. The van der Waals surface area contributed by atoms with Gasteiger partial charge in [0.1, 0.15) is 11.0 Å². The molecule has 5 heteroatoms. The molecule has 1 aromatic carbocycles. The Morgan fingerprint density at radius 3 is 2.60 bits per heavy atom. The van der Waals surface area contributed by atoms with Crippen LogP contribution in [0, 0.1) is 5.92 Å². The van der Waals surface area contributed by atoms with Crippen LogP contribution in [0.25, 0.3) is 0 Å². The van der Waals surface area contributed by atoms with Crippen molar-refractivity contribution in [1.29, 1.82) is 0 Å². The Labute approximate surface area is 137 Å². The molecule has 0 unspecified atom stereocenters. The minimum atomic E-state index is 0.465. The molecule has 0 saturated heterocycles. The lowest BCUT2D eigenvalue weighted by Gasteiger charge is -2.10. The van der Waals surface area contributed by atoms with Gasteiger partial charge in [-0.05, 0) is 46.0 Å². The summed E-state index contributed by atoms with van der Waals surface area (Å²) in [5, 5.41) is 1.18. The van der Waals surface area contributed by atoms with Gasteiger partial charge in [-0.2, -0.15) is 0 Å². The molecule has 0 aliphatic rings. The molecule has 1 heterocycles. The molecule has 0 amide bonds. The number of hydrogen-bond donors (Lipinski definition) is 0. The van der Waals surface area contributed by atoms with Crippen LogP contribution in [0.1, 0.15) is 30.9 Å². The third-order valence-electron chi connectivity index (χ3n) is 2.78. The molecule has 0 aliphatic heterocycles.